The van der Waals surface area contributed by atoms with Gasteiger partial charge in [-0.2, -0.15) is 0 Å². The van der Waals surface area contributed by atoms with E-state index in [1.165, 1.54) is 0 Å². The average molecular weight is 229 g/mol. The van der Waals surface area contributed by atoms with Gasteiger partial charge in [-0.3, -0.25) is 0 Å². The van der Waals surface area contributed by atoms with Gasteiger partial charge in [-0.15, -0.1) is 0 Å². The van der Waals surface area contributed by atoms with E-state index in [9.17, 15) is 9.59 Å². The number of nitrogens with zero attached hydrogens (tertiary/aromatic N) is 1. The normalized spacial score (nSPS) is 12.1. The van der Waals surface area contributed by atoms with Crippen molar-refractivity contribution in [1.82, 2.24) is 4.90 Å². The number of ether oxygens (including phenoxy) is 1. The van der Waals surface area contributed by atoms with Crippen molar-refractivity contribution >= 4 is 12.4 Å². The number of rotatable bonds is 4. The van der Waals surface area contributed by atoms with Crippen LogP contribution in [0.1, 0.15) is 47.5 Å². The van der Waals surface area contributed by atoms with Crippen LogP contribution in [0.4, 0.5) is 4.79 Å². The lowest BCUT2D eigenvalue weighted by molar-refractivity contribution is -0.108. The maximum atomic E-state index is 11.8. The van der Waals surface area contributed by atoms with E-state index in [1.54, 1.807) is 11.9 Å². The van der Waals surface area contributed by atoms with E-state index in [0.29, 0.717) is 12.8 Å². The molecule has 0 radical (unpaired) electrons. The summed E-state index contributed by atoms with van der Waals surface area (Å²) in [6.45, 7) is 9.33. The Morgan fingerprint density at radius 3 is 2.12 bits per heavy atom. The van der Waals surface area contributed by atoms with Crippen LogP contribution >= 0.6 is 0 Å². The fourth-order valence-electron chi connectivity index (χ4n) is 1.16. The average Bonchev–Trinajstić information content (AvgIpc) is 2.10. The van der Waals surface area contributed by atoms with Crippen molar-refractivity contribution in [1.29, 1.82) is 0 Å². The fourth-order valence-corrected chi connectivity index (χ4v) is 1.16. The minimum absolute atomic E-state index is 0.358. The molecule has 0 atom stereocenters. The van der Waals surface area contributed by atoms with E-state index < -0.39 is 5.60 Å². The molecule has 4 nitrogen and oxygen atoms in total. The van der Waals surface area contributed by atoms with Gasteiger partial charge in [-0.25, -0.2) is 4.79 Å². The topological polar surface area (TPSA) is 46.6 Å². The Balaban J connectivity index is 4.46. The monoisotopic (exact) mass is 229 g/mol. The highest BCUT2D eigenvalue weighted by atomic mass is 16.6. The van der Waals surface area contributed by atoms with Crippen molar-refractivity contribution in [2.45, 2.75) is 58.6 Å². The first-order valence-electron chi connectivity index (χ1n) is 5.50. The van der Waals surface area contributed by atoms with Gasteiger partial charge in [0, 0.05) is 19.0 Å². The molecule has 0 aliphatic carbocycles. The molecule has 0 fully saturated rings. The van der Waals surface area contributed by atoms with E-state index in [0.717, 1.165) is 6.29 Å². The van der Waals surface area contributed by atoms with E-state index in [2.05, 4.69) is 0 Å². The highest BCUT2D eigenvalue weighted by Gasteiger charge is 2.30. The molecule has 1 amide bonds. The molecule has 0 aliphatic rings. The number of carbonyl (C=O) groups is 2. The van der Waals surface area contributed by atoms with E-state index in [4.69, 9.17) is 4.74 Å². The van der Waals surface area contributed by atoms with Crippen molar-refractivity contribution in [2.24, 2.45) is 0 Å². The molecule has 0 aromatic heterocycles. The Bertz CT molecular complexity index is 253. The molecule has 0 bridgehead atoms. The summed E-state index contributed by atoms with van der Waals surface area (Å²) in [4.78, 5) is 23.7. The second-order valence-corrected chi connectivity index (χ2v) is 5.56. The maximum Gasteiger partial charge on any atom is 0.410 e. The van der Waals surface area contributed by atoms with E-state index in [-0.39, 0.29) is 11.6 Å². The molecule has 0 aromatic carbocycles. The second-order valence-electron chi connectivity index (χ2n) is 5.56. The van der Waals surface area contributed by atoms with Gasteiger partial charge in [-0.1, -0.05) is 0 Å². The van der Waals surface area contributed by atoms with Crippen LogP contribution in [0.5, 0.6) is 0 Å². The van der Waals surface area contributed by atoms with Crippen LogP contribution in [0.25, 0.3) is 0 Å². The van der Waals surface area contributed by atoms with Gasteiger partial charge in [0.25, 0.3) is 0 Å². The Morgan fingerprint density at radius 2 is 1.75 bits per heavy atom. The molecule has 0 spiro atoms. The largest absolute Gasteiger partial charge is 0.444 e. The molecule has 94 valence electrons. The Labute approximate surface area is 98.0 Å². The highest BCUT2D eigenvalue weighted by molar-refractivity contribution is 5.68. The first-order valence-corrected chi connectivity index (χ1v) is 5.50. The summed E-state index contributed by atoms with van der Waals surface area (Å²) in [5.74, 6) is 0. The Kier molecular flexibility index (Phi) is 4.97. The lowest BCUT2D eigenvalue weighted by Gasteiger charge is -2.36. The third-order valence-corrected chi connectivity index (χ3v) is 2.45. The van der Waals surface area contributed by atoms with E-state index in [1.807, 2.05) is 34.6 Å². The lowest BCUT2D eigenvalue weighted by atomic mass is 9.97. The molecule has 0 saturated heterocycles. The van der Waals surface area contributed by atoms with Crippen molar-refractivity contribution in [2.75, 3.05) is 7.05 Å². The standard InChI is InChI=1S/C12H23NO3/c1-11(2,3)16-10(15)13(6)12(4,5)8-7-9-14/h9H,7-8H2,1-6H3. The summed E-state index contributed by atoms with van der Waals surface area (Å²) in [6.07, 6.45) is 1.58. The fraction of sp³-hybridized carbons (Fsp3) is 0.833. The van der Waals surface area contributed by atoms with Crippen molar-refractivity contribution < 1.29 is 14.3 Å². The molecule has 0 aliphatic heterocycles. The van der Waals surface area contributed by atoms with Gasteiger partial charge in [0.05, 0.1) is 0 Å². The zero-order valence-electron chi connectivity index (χ0n) is 11.2. The molecule has 0 aromatic rings. The third kappa shape index (κ3) is 5.14. The van der Waals surface area contributed by atoms with E-state index >= 15 is 0 Å². The van der Waals surface area contributed by atoms with Crippen LogP contribution in [-0.4, -0.2) is 35.5 Å². The lowest BCUT2D eigenvalue weighted by Crippen LogP contribution is -2.47. The first kappa shape index (κ1) is 14.9. The van der Waals surface area contributed by atoms with Crippen LogP contribution in [0.2, 0.25) is 0 Å². The molecule has 0 unspecified atom stereocenters. The van der Waals surface area contributed by atoms with Crippen LogP contribution in [-0.2, 0) is 9.53 Å². The summed E-state index contributed by atoms with van der Waals surface area (Å²) >= 11 is 0. The van der Waals surface area contributed by atoms with Gasteiger partial charge in [0.1, 0.15) is 11.9 Å². The molecule has 0 rings (SSSR count). The summed E-state index contributed by atoms with van der Waals surface area (Å²) in [5.41, 5.74) is -0.866. The molecule has 0 heterocycles. The summed E-state index contributed by atoms with van der Waals surface area (Å²) in [6, 6.07) is 0. The van der Waals surface area contributed by atoms with Gasteiger partial charge in [0.2, 0.25) is 0 Å². The molecule has 16 heavy (non-hydrogen) atoms. The van der Waals surface area contributed by atoms with Crippen LogP contribution < -0.4 is 0 Å². The van der Waals surface area contributed by atoms with Gasteiger partial charge >= 0.3 is 6.09 Å². The quantitative estimate of drug-likeness (QED) is 0.696. The number of aldehydes is 1. The predicted molar refractivity (Wildman–Crippen MR) is 63.4 cm³/mol. The van der Waals surface area contributed by atoms with Crippen LogP contribution in [0, 0.1) is 0 Å². The number of amides is 1. The van der Waals surface area contributed by atoms with Crippen molar-refractivity contribution in [3.05, 3.63) is 0 Å². The Hall–Kier alpha value is -1.06. The molecular formula is C12H23NO3. The summed E-state index contributed by atoms with van der Waals surface area (Å²) in [7, 11) is 1.69. The minimum atomic E-state index is -0.494. The summed E-state index contributed by atoms with van der Waals surface area (Å²) < 4.78 is 5.26. The van der Waals surface area contributed by atoms with Gasteiger partial charge in [-0.05, 0) is 41.0 Å². The van der Waals surface area contributed by atoms with Crippen molar-refractivity contribution in [3.8, 4) is 0 Å². The van der Waals surface area contributed by atoms with Crippen molar-refractivity contribution in [3.63, 3.8) is 0 Å². The van der Waals surface area contributed by atoms with Crippen LogP contribution in [0.15, 0.2) is 0 Å². The first-order chi connectivity index (χ1) is 7.10. The highest BCUT2D eigenvalue weighted by Crippen LogP contribution is 2.21. The molecule has 0 saturated carbocycles. The minimum Gasteiger partial charge on any atom is -0.444 e. The Morgan fingerprint density at radius 1 is 1.25 bits per heavy atom. The number of carbonyl (C=O) groups excluding carboxylic acids is 2. The predicted octanol–water partition coefficient (Wildman–Crippen LogP) is 2.61. The number of hydrogen-bond donors (Lipinski definition) is 0. The van der Waals surface area contributed by atoms with Gasteiger partial charge in [0.15, 0.2) is 0 Å². The summed E-state index contributed by atoms with van der Waals surface area (Å²) in [5, 5.41) is 0. The van der Waals surface area contributed by atoms with Crippen LogP contribution in [0.3, 0.4) is 0 Å². The second kappa shape index (κ2) is 5.32. The smallest absolute Gasteiger partial charge is 0.410 e. The number of hydrogen-bond acceptors (Lipinski definition) is 3. The molecule has 0 N–H and O–H groups in total. The third-order valence-electron chi connectivity index (χ3n) is 2.45. The zero-order chi connectivity index (χ0) is 13.0. The molecule has 4 heteroatoms. The maximum absolute atomic E-state index is 11.8. The van der Waals surface area contributed by atoms with Gasteiger partial charge < -0.3 is 14.4 Å². The molecular weight excluding hydrogens is 206 g/mol. The SMILES string of the molecule is CN(C(=O)OC(C)(C)C)C(C)(C)CCC=O. The zero-order valence-corrected chi connectivity index (χ0v) is 11.2.